The first kappa shape index (κ1) is 17.2. The Morgan fingerprint density at radius 1 is 1.08 bits per heavy atom. The molecular formula is C18H18Cl2N2O2. The second-order valence-corrected chi connectivity index (χ2v) is 6.51. The highest BCUT2D eigenvalue weighted by Crippen LogP contribution is 2.25. The Balaban J connectivity index is 1.62. The highest BCUT2D eigenvalue weighted by atomic mass is 35.5. The van der Waals surface area contributed by atoms with Crippen molar-refractivity contribution in [2.45, 2.75) is 6.54 Å². The predicted octanol–water partition coefficient (Wildman–Crippen LogP) is 4.08. The molecule has 0 unspecified atom stereocenters. The van der Waals surface area contributed by atoms with Crippen LogP contribution in [-0.4, -0.2) is 37.1 Å². The van der Waals surface area contributed by atoms with Gasteiger partial charge in [0, 0.05) is 30.2 Å². The number of benzene rings is 2. The first-order valence-electron chi connectivity index (χ1n) is 7.77. The fraction of sp³-hybridized carbons (Fsp3) is 0.278. The van der Waals surface area contributed by atoms with Crippen LogP contribution >= 0.6 is 23.2 Å². The molecule has 2 aromatic carbocycles. The molecule has 126 valence electrons. The summed E-state index contributed by atoms with van der Waals surface area (Å²) in [6, 6.07) is 12.6. The van der Waals surface area contributed by atoms with Gasteiger partial charge < -0.3 is 10.1 Å². The number of nitrogens with zero attached hydrogens (tertiary/aromatic N) is 1. The van der Waals surface area contributed by atoms with Gasteiger partial charge in [-0.15, -0.1) is 0 Å². The van der Waals surface area contributed by atoms with Crippen molar-refractivity contribution in [1.82, 2.24) is 4.90 Å². The number of morpholine rings is 1. The molecule has 1 aliphatic rings. The van der Waals surface area contributed by atoms with Crippen molar-refractivity contribution in [1.29, 1.82) is 0 Å². The van der Waals surface area contributed by atoms with Gasteiger partial charge in [-0.05, 0) is 35.9 Å². The molecule has 0 saturated carbocycles. The summed E-state index contributed by atoms with van der Waals surface area (Å²) in [6.45, 7) is 4.31. The van der Waals surface area contributed by atoms with E-state index < -0.39 is 0 Å². The number of carbonyl (C=O) groups excluding carboxylic acids is 1. The third-order valence-electron chi connectivity index (χ3n) is 3.91. The fourth-order valence-corrected chi connectivity index (χ4v) is 3.02. The van der Waals surface area contributed by atoms with E-state index in [1.54, 1.807) is 18.2 Å². The van der Waals surface area contributed by atoms with Gasteiger partial charge in [0.1, 0.15) is 0 Å². The van der Waals surface area contributed by atoms with Crippen LogP contribution in [0.5, 0.6) is 0 Å². The summed E-state index contributed by atoms with van der Waals surface area (Å²) in [4.78, 5) is 14.7. The third kappa shape index (κ3) is 4.48. The molecule has 4 nitrogen and oxygen atoms in total. The Morgan fingerprint density at radius 2 is 1.79 bits per heavy atom. The lowest BCUT2D eigenvalue weighted by atomic mass is 10.1. The average Bonchev–Trinajstić information content (AvgIpc) is 2.59. The molecule has 1 amide bonds. The SMILES string of the molecule is O=C(Nc1ccc(Cl)cc1Cl)c1ccc(CN2CCOCC2)cc1. The van der Waals surface area contributed by atoms with Gasteiger partial charge >= 0.3 is 0 Å². The minimum atomic E-state index is -0.197. The minimum absolute atomic E-state index is 0.197. The van der Waals surface area contributed by atoms with Crippen LogP contribution in [0.15, 0.2) is 42.5 Å². The van der Waals surface area contributed by atoms with Crippen molar-refractivity contribution < 1.29 is 9.53 Å². The molecule has 24 heavy (non-hydrogen) atoms. The van der Waals surface area contributed by atoms with Crippen molar-refractivity contribution in [2.75, 3.05) is 31.6 Å². The normalized spacial score (nSPS) is 15.2. The second-order valence-electron chi connectivity index (χ2n) is 5.66. The van der Waals surface area contributed by atoms with Crippen molar-refractivity contribution >= 4 is 34.8 Å². The molecule has 1 N–H and O–H groups in total. The van der Waals surface area contributed by atoms with Crippen LogP contribution in [0.2, 0.25) is 10.0 Å². The summed E-state index contributed by atoms with van der Waals surface area (Å²) in [5, 5.41) is 3.75. The van der Waals surface area contributed by atoms with Gasteiger partial charge in [-0.3, -0.25) is 9.69 Å². The number of hydrogen-bond donors (Lipinski definition) is 1. The molecule has 1 heterocycles. The Hall–Kier alpha value is -1.59. The lowest BCUT2D eigenvalue weighted by molar-refractivity contribution is 0.0342. The molecule has 6 heteroatoms. The highest BCUT2D eigenvalue weighted by Gasteiger charge is 2.12. The van der Waals surface area contributed by atoms with Crippen LogP contribution in [0, 0.1) is 0 Å². The maximum absolute atomic E-state index is 12.3. The largest absolute Gasteiger partial charge is 0.379 e. The van der Waals surface area contributed by atoms with E-state index >= 15 is 0 Å². The van der Waals surface area contributed by atoms with Gasteiger partial charge in [-0.1, -0.05) is 35.3 Å². The summed E-state index contributed by atoms with van der Waals surface area (Å²) >= 11 is 11.9. The lowest BCUT2D eigenvalue weighted by Crippen LogP contribution is -2.35. The van der Waals surface area contributed by atoms with Gasteiger partial charge in [0.2, 0.25) is 0 Å². The predicted molar refractivity (Wildman–Crippen MR) is 97.0 cm³/mol. The Bertz CT molecular complexity index is 713. The number of rotatable bonds is 4. The first-order chi connectivity index (χ1) is 11.6. The van der Waals surface area contributed by atoms with Crippen LogP contribution in [0.25, 0.3) is 0 Å². The van der Waals surface area contributed by atoms with Crippen LogP contribution in [0.3, 0.4) is 0 Å². The Labute approximate surface area is 151 Å². The number of ether oxygens (including phenoxy) is 1. The number of hydrogen-bond acceptors (Lipinski definition) is 3. The van der Waals surface area contributed by atoms with Crippen LogP contribution in [0.1, 0.15) is 15.9 Å². The minimum Gasteiger partial charge on any atom is -0.379 e. The van der Waals surface area contributed by atoms with Crippen molar-refractivity contribution in [3.8, 4) is 0 Å². The molecule has 3 rings (SSSR count). The van der Waals surface area contributed by atoms with Crippen LogP contribution < -0.4 is 5.32 Å². The van der Waals surface area contributed by atoms with Gasteiger partial charge in [0.15, 0.2) is 0 Å². The lowest BCUT2D eigenvalue weighted by Gasteiger charge is -2.26. The zero-order valence-electron chi connectivity index (χ0n) is 13.1. The number of halogens is 2. The third-order valence-corrected chi connectivity index (χ3v) is 4.45. The summed E-state index contributed by atoms with van der Waals surface area (Å²) < 4.78 is 5.35. The van der Waals surface area contributed by atoms with E-state index in [1.165, 1.54) is 5.56 Å². The quantitative estimate of drug-likeness (QED) is 0.888. The smallest absolute Gasteiger partial charge is 0.255 e. The summed E-state index contributed by atoms with van der Waals surface area (Å²) in [7, 11) is 0. The van der Waals surface area contributed by atoms with Gasteiger partial charge in [-0.2, -0.15) is 0 Å². The highest BCUT2D eigenvalue weighted by molar-refractivity contribution is 6.36. The van der Waals surface area contributed by atoms with Gasteiger partial charge in [0.25, 0.3) is 5.91 Å². The molecule has 1 saturated heterocycles. The molecule has 0 spiro atoms. The molecule has 1 fully saturated rings. The Morgan fingerprint density at radius 3 is 2.46 bits per heavy atom. The zero-order valence-corrected chi connectivity index (χ0v) is 14.6. The molecule has 1 aliphatic heterocycles. The summed E-state index contributed by atoms with van der Waals surface area (Å²) in [6.07, 6.45) is 0. The van der Waals surface area contributed by atoms with Crippen LogP contribution in [0.4, 0.5) is 5.69 Å². The van der Waals surface area contributed by atoms with Crippen molar-refractivity contribution in [3.05, 3.63) is 63.6 Å². The number of anilines is 1. The molecule has 0 bridgehead atoms. The average molecular weight is 365 g/mol. The topological polar surface area (TPSA) is 41.6 Å². The second kappa shape index (κ2) is 7.99. The van der Waals surface area contributed by atoms with E-state index in [0.29, 0.717) is 21.3 Å². The maximum atomic E-state index is 12.3. The first-order valence-corrected chi connectivity index (χ1v) is 8.53. The zero-order chi connectivity index (χ0) is 16.9. The molecule has 0 radical (unpaired) electrons. The summed E-state index contributed by atoms with van der Waals surface area (Å²) in [5.41, 5.74) is 2.31. The molecule has 0 aliphatic carbocycles. The van der Waals surface area contributed by atoms with E-state index in [9.17, 15) is 4.79 Å². The number of amides is 1. The maximum Gasteiger partial charge on any atom is 0.255 e. The van der Waals surface area contributed by atoms with E-state index in [4.69, 9.17) is 27.9 Å². The molecular weight excluding hydrogens is 347 g/mol. The van der Waals surface area contributed by atoms with Crippen molar-refractivity contribution in [3.63, 3.8) is 0 Å². The summed E-state index contributed by atoms with van der Waals surface area (Å²) in [5.74, 6) is -0.197. The number of nitrogens with one attached hydrogen (secondary N) is 1. The number of carbonyl (C=O) groups is 1. The standard InChI is InChI=1S/C18H18Cl2N2O2/c19-15-5-6-17(16(20)11-15)21-18(23)14-3-1-13(2-4-14)12-22-7-9-24-10-8-22/h1-6,11H,7-10,12H2,(H,21,23). The van der Waals surface area contributed by atoms with Gasteiger partial charge in [-0.25, -0.2) is 0 Å². The van der Waals surface area contributed by atoms with Crippen molar-refractivity contribution in [2.24, 2.45) is 0 Å². The fourth-order valence-electron chi connectivity index (χ4n) is 2.56. The van der Waals surface area contributed by atoms with E-state index in [2.05, 4.69) is 10.2 Å². The molecule has 0 aromatic heterocycles. The molecule has 2 aromatic rings. The van der Waals surface area contributed by atoms with E-state index in [-0.39, 0.29) is 5.91 Å². The molecule has 0 atom stereocenters. The van der Waals surface area contributed by atoms with E-state index in [0.717, 1.165) is 32.8 Å². The van der Waals surface area contributed by atoms with Gasteiger partial charge in [0.05, 0.1) is 23.9 Å². The van der Waals surface area contributed by atoms with Crippen LogP contribution in [-0.2, 0) is 11.3 Å². The van der Waals surface area contributed by atoms with E-state index in [1.807, 2.05) is 24.3 Å². The Kier molecular flexibility index (Phi) is 5.74. The monoisotopic (exact) mass is 364 g/mol.